The maximum Gasteiger partial charge on any atom is 0.331 e. The summed E-state index contributed by atoms with van der Waals surface area (Å²) in [6.45, 7) is 5.29. The topological polar surface area (TPSA) is 42.0 Å². The summed E-state index contributed by atoms with van der Waals surface area (Å²) in [5, 5.41) is 0.762. The maximum absolute atomic E-state index is 11.0. The minimum absolute atomic E-state index is 0.00884. The first-order chi connectivity index (χ1) is 14.7. The van der Waals surface area contributed by atoms with Crippen LogP contribution in [-0.2, 0) is 14.3 Å². The van der Waals surface area contributed by atoms with Gasteiger partial charge in [-0.1, -0.05) is 66.2 Å². The van der Waals surface area contributed by atoms with Crippen LogP contribution in [0.3, 0.4) is 0 Å². The summed E-state index contributed by atoms with van der Waals surface area (Å²) in [5.74, 6) is -0.354. The van der Waals surface area contributed by atoms with Crippen LogP contribution in [0.5, 0.6) is 0 Å². The van der Waals surface area contributed by atoms with E-state index in [4.69, 9.17) is 16.3 Å². The van der Waals surface area contributed by atoms with Gasteiger partial charge in [0.1, 0.15) is 6.61 Å². The van der Waals surface area contributed by atoms with Gasteiger partial charge in [0.2, 0.25) is 0 Å². The Kier molecular flexibility index (Phi) is 8.90. The number of ether oxygens (including phenoxy) is 2. The summed E-state index contributed by atoms with van der Waals surface area (Å²) in [6, 6.07) is 19.1. The van der Waals surface area contributed by atoms with Crippen molar-refractivity contribution in [3.8, 4) is 0 Å². The second kappa shape index (κ2) is 11.9. The Labute approximate surface area is 183 Å². The minimum atomic E-state index is -0.354. The van der Waals surface area contributed by atoms with Gasteiger partial charge >= 0.3 is 5.97 Å². The Morgan fingerprint density at radius 2 is 1.67 bits per heavy atom. The van der Waals surface area contributed by atoms with E-state index in [0.717, 1.165) is 37.7 Å². The van der Waals surface area contributed by atoms with Crippen molar-refractivity contribution in [2.24, 2.45) is 0 Å². The van der Waals surface area contributed by atoms with E-state index in [9.17, 15) is 4.79 Å². The Balaban J connectivity index is 1.53. The van der Waals surface area contributed by atoms with Gasteiger partial charge in [0, 0.05) is 37.7 Å². The number of piperazine rings is 1. The van der Waals surface area contributed by atoms with Crippen molar-refractivity contribution in [2.45, 2.75) is 6.04 Å². The molecule has 1 aliphatic heterocycles. The number of carbonyl (C=O) groups excluding carboxylic acids is 1. The lowest BCUT2D eigenvalue weighted by molar-refractivity contribution is -0.145. The minimum Gasteiger partial charge on any atom is -0.467 e. The van der Waals surface area contributed by atoms with Crippen LogP contribution >= 0.6 is 11.6 Å². The van der Waals surface area contributed by atoms with Crippen LogP contribution in [0.4, 0.5) is 0 Å². The third-order valence-corrected chi connectivity index (χ3v) is 5.52. The number of benzene rings is 2. The number of halogens is 1. The van der Waals surface area contributed by atoms with Crippen molar-refractivity contribution < 1.29 is 14.3 Å². The SMILES string of the molecule is COC(=O)COC/C=C\CN1CCN([C@H](c2ccccc2)c2ccc(Cl)cc2)CC1. The van der Waals surface area contributed by atoms with Gasteiger partial charge in [0.05, 0.1) is 19.8 Å². The fourth-order valence-electron chi connectivity index (χ4n) is 3.66. The van der Waals surface area contributed by atoms with Gasteiger partial charge in [-0.2, -0.15) is 0 Å². The van der Waals surface area contributed by atoms with E-state index in [2.05, 4.69) is 63.1 Å². The lowest BCUT2D eigenvalue weighted by Crippen LogP contribution is -2.47. The molecule has 0 spiro atoms. The summed E-state index contributed by atoms with van der Waals surface area (Å²) in [7, 11) is 1.36. The Hall–Kier alpha value is -2.18. The molecule has 1 aliphatic rings. The summed E-state index contributed by atoms with van der Waals surface area (Å²) in [5.41, 5.74) is 2.57. The maximum atomic E-state index is 11.0. The quantitative estimate of drug-likeness (QED) is 0.345. The van der Waals surface area contributed by atoms with Crippen LogP contribution in [-0.4, -0.2) is 68.8 Å². The number of hydrogen-bond donors (Lipinski definition) is 0. The van der Waals surface area contributed by atoms with E-state index >= 15 is 0 Å². The zero-order valence-electron chi connectivity index (χ0n) is 17.4. The molecule has 1 saturated heterocycles. The molecule has 0 aliphatic carbocycles. The first kappa shape index (κ1) is 22.5. The molecule has 30 heavy (non-hydrogen) atoms. The summed E-state index contributed by atoms with van der Waals surface area (Å²) in [6.07, 6.45) is 4.05. The molecule has 1 heterocycles. The van der Waals surface area contributed by atoms with Crippen LogP contribution in [0.25, 0.3) is 0 Å². The molecule has 0 aromatic heterocycles. The molecule has 3 rings (SSSR count). The Bertz CT molecular complexity index is 803. The number of hydrogen-bond acceptors (Lipinski definition) is 5. The first-order valence-corrected chi connectivity index (χ1v) is 10.6. The van der Waals surface area contributed by atoms with E-state index in [1.165, 1.54) is 18.2 Å². The third kappa shape index (κ3) is 6.67. The third-order valence-electron chi connectivity index (χ3n) is 5.27. The molecule has 0 saturated carbocycles. The first-order valence-electron chi connectivity index (χ1n) is 10.2. The molecule has 160 valence electrons. The monoisotopic (exact) mass is 428 g/mol. The van der Waals surface area contributed by atoms with Gasteiger partial charge in [-0.05, 0) is 23.3 Å². The van der Waals surface area contributed by atoms with Gasteiger partial charge in [-0.3, -0.25) is 9.80 Å². The highest BCUT2D eigenvalue weighted by atomic mass is 35.5. The van der Waals surface area contributed by atoms with E-state index in [-0.39, 0.29) is 18.6 Å². The predicted octanol–water partition coefficient (Wildman–Crippen LogP) is 3.79. The largest absolute Gasteiger partial charge is 0.467 e. The molecule has 2 aromatic rings. The van der Waals surface area contributed by atoms with E-state index < -0.39 is 0 Å². The van der Waals surface area contributed by atoms with Crippen LogP contribution in [0.1, 0.15) is 17.2 Å². The summed E-state index contributed by atoms with van der Waals surface area (Å²) in [4.78, 5) is 16.0. The van der Waals surface area contributed by atoms with Crippen molar-refractivity contribution in [3.63, 3.8) is 0 Å². The molecule has 0 amide bonds. The molecule has 1 atom stereocenters. The molecular weight excluding hydrogens is 400 g/mol. The number of esters is 1. The smallest absolute Gasteiger partial charge is 0.331 e. The van der Waals surface area contributed by atoms with Crippen LogP contribution in [0.2, 0.25) is 5.02 Å². The fraction of sp³-hybridized carbons (Fsp3) is 0.375. The van der Waals surface area contributed by atoms with Crippen LogP contribution < -0.4 is 0 Å². The zero-order valence-corrected chi connectivity index (χ0v) is 18.1. The summed E-state index contributed by atoms with van der Waals surface area (Å²) < 4.78 is 9.78. The van der Waals surface area contributed by atoms with E-state index in [0.29, 0.717) is 6.61 Å². The Morgan fingerprint density at radius 1 is 1.00 bits per heavy atom. The normalized spacial score (nSPS) is 16.6. The number of methoxy groups -OCH3 is 1. The summed E-state index contributed by atoms with van der Waals surface area (Å²) >= 11 is 6.11. The molecule has 6 heteroatoms. The molecule has 0 radical (unpaired) electrons. The predicted molar refractivity (Wildman–Crippen MR) is 120 cm³/mol. The zero-order chi connectivity index (χ0) is 21.2. The number of carbonyl (C=O) groups is 1. The second-order valence-electron chi connectivity index (χ2n) is 7.26. The van der Waals surface area contributed by atoms with Crippen molar-refractivity contribution in [1.82, 2.24) is 9.80 Å². The lowest BCUT2D eigenvalue weighted by atomic mass is 9.96. The average Bonchev–Trinajstić information content (AvgIpc) is 2.79. The second-order valence-corrected chi connectivity index (χ2v) is 7.70. The molecule has 0 bridgehead atoms. The molecule has 1 fully saturated rings. The van der Waals surface area contributed by atoms with Crippen LogP contribution in [0, 0.1) is 0 Å². The molecule has 0 N–H and O–H groups in total. The van der Waals surface area contributed by atoms with E-state index in [1.807, 2.05) is 18.2 Å². The lowest BCUT2D eigenvalue weighted by Gasteiger charge is -2.39. The number of rotatable bonds is 9. The van der Waals surface area contributed by atoms with E-state index in [1.54, 1.807) is 0 Å². The van der Waals surface area contributed by atoms with Crippen LogP contribution in [0.15, 0.2) is 66.7 Å². The standard InChI is InChI=1S/C24H29ClN2O3/c1-29-23(28)19-30-18-6-5-13-26-14-16-27(17-15-26)24(20-7-3-2-4-8-20)21-9-11-22(25)12-10-21/h2-12,24H,13-19H2,1H3/b6-5-/t24-/m1/s1. The highest BCUT2D eigenvalue weighted by Crippen LogP contribution is 2.30. The molecule has 2 aromatic carbocycles. The van der Waals surface area contributed by atoms with Gasteiger partial charge in [-0.15, -0.1) is 0 Å². The van der Waals surface area contributed by atoms with Gasteiger partial charge in [0.15, 0.2) is 0 Å². The van der Waals surface area contributed by atoms with Gasteiger partial charge < -0.3 is 9.47 Å². The van der Waals surface area contributed by atoms with Crippen molar-refractivity contribution in [2.75, 3.05) is 53.0 Å². The van der Waals surface area contributed by atoms with Crippen molar-refractivity contribution in [3.05, 3.63) is 82.9 Å². The molecule has 5 nitrogen and oxygen atoms in total. The highest BCUT2D eigenvalue weighted by Gasteiger charge is 2.25. The van der Waals surface area contributed by atoms with Gasteiger partial charge in [0.25, 0.3) is 0 Å². The molecule has 0 unspecified atom stereocenters. The Morgan fingerprint density at radius 3 is 2.33 bits per heavy atom. The fourth-order valence-corrected chi connectivity index (χ4v) is 3.79. The average molecular weight is 429 g/mol. The van der Waals surface area contributed by atoms with Gasteiger partial charge in [-0.25, -0.2) is 4.79 Å². The van der Waals surface area contributed by atoms with Crippen molar-refractivity contribution >= 4 is 17.6 Å². The molecular formula is C24H29ClN2O3. The highest BCUT2D eigenvalue weighted by molar-refractivity contribution is 6.30. The van der Waals surface area contributed by atoms with Crippen molar-refractivity contribution in [1.29, 1.82) is 0 Å². The number of nitrogens with zero attached hydrogens (tertiary/aromatic N) is 2.